The van der Waals surface area contributed by atoms with Gasteiger partial charge >= 0.3 is 0 Å². The molecule has 0 amide bonds. The van der Waals surface area contributed by atoms with Gasteiger partial charge in [-0.05, 0) is 35.9 Å². The van der Waals surface area contributed by atoms with Crippen LogP contribution < -0.4 is 4.74 Å². The van der Waals surface area contributed by atoms with Gasteiger partial charge in [0.2, 0.25) is 0 Å². The SMILES string of the molecule is COCCOCOc1ccc(C(=O)Cl)cc1. The van der Waals surface area contributed by atoms with Gasteiger partial charge in [-0.3, -0.25) is 4.79 Å². The van der Waals surface area contributed by atoms with Crippen molar-refractivity contribution in [2.45, 2.75) is 0 Å². The summed E-state index contributed by atoms with van der Waals surface area (Å²) in [7, 11) is 1.60. The summed E-state index contributed by atoms with van der Waals surface area (Å²) in [6.45, 7) is 1.16. The fourth-order valence-electron chi connectivity index (χ4n) is 0.993. The smallest absolute Gasteiger partial charge is 0.252 e. The summed E-state index contributed by atoms with van der Waals surface area (Å²) in [6, 6.07) is 6.52. The molecule has 0 aliphatic heterocycles. The minimum absolute atomic E-state index is 0.150. The van der Waals surface area contributed by atoms with E-state index in [2.05, 4.69) is 0 Å². The maximum atomic E-state index is 10.8. The van der Waals surface area contributed by atoms with Crippen molar-refractivity contribution in [3.8, 4) is 5.75 Å². The third kappa shape index (κ3) is 4.61. The van der Waals surface area contributed by atoms with Crippen LogP contribution in [0.15, 0.2) is 24.3 Å². The molecule has 0 aromatic heterocycles. The molecule has 0 N–H and O–H groups in total. The van der Waals surface area contributed by atoms with Crippen molar-refractivity contribution in [1.82, 2.24) is 0 Å². The van der Waals surface area contributed by atoms with E-state index in [1.807, 2.05) is 0 Å². The van der Waals surface area contributed by atoms with E-state index in [9.17, 15) is 4.79 Å². The molecule has 0 saturated carbocycles. The Balaban J connectivity index is 2.29. The standard InChI is InChI=1S/C11H13ClO4/c1-14-6-7-15-8-16-10-4-2-9(3-5-10)11(12)13/h2-5H,6-8H2,1H3. The van der Waals surface area contributed by atoms with E-state index in [0.29, 0.717) is 24.5 Å². The first kappa shape index (κ1) is 13.0. The molecule has 0 bridgehead atoms. The van der Waals surface area contributed by atoms with Crippen molar-refractivity contribution in [2.75, 3.05) is 27.1 Å². The van der Waals surface area contributed by atoms with Crippen molar-refractivity contribution >= 4 is 16.8 Å². The summed E-state index contributed by atoms with van der Waals surface area (Å²) in [6.07, 6.45) is 0. The molecule has 0 unspecified atom stereocenters. The predicted octanol–water partition coefficient (Wildman–Crippen LogP) is 2.06. The molecule has 5 heteroatoms. The Kier molecular flexibility index (Phi) is 5.85. The van der Waals surface area contributed by atoms with Gasteiger partial charge in [0.25, 0.3) is 5.24 Å². The van der Waals surface area contributed by atoms with Crippen LogP contribution in [0.2, 0.25) is 0 Å². The van der Waals surface area contributed by atoms with Gasteiger partial charge in [-0.1, -0.05) is 0 Å². The average molecular weight is 245 g/mol. The normalized spacial score (nSPS) is 10.1. The second-order valence-corrected chi connectivity index (χ2v) is 3.30. The van der Waals surface area contributed by atoms with Gasteiger partial charge in [-0.2, -0.15) is 0 Å². The molecular weight excluding hydrogens is 232 g/mol. The van der Waals surface area contributed by atoms with Crippen LogP contribution in [0, 0.1) is 0 Å². The molecule has 0 heterocycles. The molecule has 4 nitrogen and oxygen atoms in total. The lowest BCUT2D eigenvalue weighted by Gasteiger charge is -2.06. The number of ether oxygens (including phenoxy) is 3. The maximum absolute atomic E-state index is 10.8. The number of benzene rings is 1. The van der Waals surface area contributed by atoms with Gasteiger partial charge in [-0.25, -0.2) is 0 Å². The highest BCUT2D eigenvalue weighted by atomic mass is 35.5. The first-order valence-corrected chi connectivity index (χ1v) is 5.11. The van der Waals surface area contributed by atoms with Crippen LogP contribution in [0.1, 0.15) is 10.4 Å². The second kappa shape index (κ2) is 7.22. The number of rotatable bonds is 7. The van der Waals surface area contributed by atoms with Crippen LogP contribution in [-0.4, -0.2) is 32.4 Å². The van der Waals surface area contributed by atoms with E-state index < -0.39 is 5.24 Å². The van der Waals surface area contributed by atoms with Crippen molar-refractivity contribution in [1.29, 1.82) is 0 Å². The Hall–Kier alpha value is -1.10. The first-order valence-electron chi connectivity index (χ1n) is 4.73. The number of methoxy groups -OCH3 is 1. The van der Waals surface area contributed by atoms with Crippen LogP contribution in [0.5, 0.6) is 5.75 Å². The number of carbonyl (C=O) groups is 1. The van der Waals surface area contributed by atoms with Crippen molar-refractivity contribution in [3.63, 3.8) is 0 Å². The molecule has 88 valence electrons. The van der Waals surface area contributed by atoms with Gasteiger partial charge in [0, 0.05) is 12.7 Å². The molecule has 0 saturated heterocycles. The maximum Gasteiger partial charge on any atom is 0.252 e. The zero-order chi connectivity index (χ0) is 11.8. The van der Waals surface area contributed by atoms with E-state index in [4.69, 9.17) is 25.8 Å². The quantitative estimate of drug-likeness (QED) is 0.418. The minimum Gasteiger partial charge on any atom is -0.468 e. The van der Waals surface area contributed by atoms with Crippen LogP contribution in [0.3, 0.4) is 0 Å². The second-order valence-electron chi connectivity index (χ2n) is 2.96. The zero-order valence-electron chi connectivity index (χ0n) is 8.94. The van der Waals surface area contributed by atoms with Crippen LogP contribution in [0.25, 0.3) is 0 Å². The summed E-state index contributed by atoms with van der Waals surface area (Å²) in [4.78, 5) is 10.8. The summed E-state index contributed by atoms with van der Waals surface area (Å²) in [5.41, 5.74) is 0.439. The van der Waals surface area contributed by atoms with E-state index in [1.54, 1.807) is 31.4 Å². The summed E-state index contributed by atoms with van der Waals surface area (Å²) < 4.78 is 15.2. The molecule has 0 spiro atoms. The Morgan fingerprint density at radius 1 is 1.25 bits per heavy atom. The lowest BCUT2D eigenvalue weighted by molar-refractivity contribution is -0.00847. The van der Waals surface area contributed by atoms with Gasteiger partial charge in [0.05, 0.1) is 13.2 Å². The van der Waals surface area contributed by atoms with E-state index in [0.717, 1.165) is 0 Å². The Morgan fingerprint density at radius 3 is 2.50 bits per heavy atom. The molecular formula is C11H13ClO4. The number of carbonyl (C=O) groups excluding carboxylic acids is 1. The average Bonchev–Trinajstić information content (AvgIpc) is 2.29. The van der Waals surface area contributed by atoms with E-state index in [1.165, 1.54) is 0 Å². The van der Waals surface area contributed by atoms with Gasteiger partial charge in [0.15, 0.2) is 6.79 Å². The fourth-order valence-corrected chi connectivity index (χ4v) is 1.12. The van der Waals surface area contributed by atoms with Gasteiger partial charge in [-0.15, -0.1) is 0 Å². The molecule has 1 rings (SSSR count). The number of hydrogen-bond donors (Lipinski definition) is 0. The summed E-state index contributed by atoms with van der Waals surface area (Å²) in [5, 5.41) is -0.483. The minimum atomic E-state index is -0.483. The van der Waals surface area contributed by atoms with Crippen molar-refractivity contribution in [3.05, 3.63) is 29.8 Å². The third-order valence-electron chi connectivity index (χ3n) is 1.82. The molecule has 0 aliphatic rings. The summed E-state index contributed by atoms with van der Waals surface area (Å²) >= 11 is 5.30. The monoisotopic (exact) mass is 244 g/mol. The highest BCUT2D eigenvalue weighted by Crippen LogP contribution is 2.13. The zero-order valence-corrected chi connectivity index (χ0v) is 9.70. The Bertz CT molecular complexity index is 323. The van der Waals surface area contributed by atoms with E-state index >= 15 is 0 Å². The van der Waals surface area contributed by atoms with Crippen LogP contribution >= 0.6 is 11.6 Å². The summed E-state index contributed by atoms with van der Waals surface area (Å²) in [5.74, 6) is 0.624. The number of halogens is 1. The predicted molar refractivity (Wildman–Crippen MR) is 59.9 cm³/mol. The molecule has 0 fully saturated rings. The molecule has 1 aromatic carbocycles. The van der Waals surface area contributed by atoms with E-state index in [-0.39, 0.29) is 6.79 Å². The lowest BCUT2D eigenvalue weighted by atomic mass is 10.2. The number of hydrogen-bond acceptors (Lipinski definition) is 4. The topological polar surface area (TPSA) is 44.8 Å². The highest BCUT2D eigenvalue weighted by molar-refractivity contribution is 6.67. The third-order valence-corrected chi connectivity index (χ3v) is 2.04. The van der Waals surface area contributed by atoms with Gasteiger partial charge in [0.1, 0.15) is 5.75 Å². The van der Waals surface area contributed by atoms with Crippen LogP contribution in [0.4, 0.5) is 0 Å². The molecule has 0 aliphatic carbocycles. The molecule has 0 atom stereocenters. The highest BCUT2D eigenvalue weighted by Gasteiger charge is 2.01. The first-order chi connectivity index (χ1) is 7.74. The Morgan fingerprint density at radius 2 is 1.94 bits per heavy atom. The lowest BCUT2D eigenvalue weighted by Crippen LogP contribution is -2.07. The van der Waals surface area contributed by atoms with Gasteiger partial charge < -0.3 is 14.2 Å². The van der Waals surface area contributed by atoms with Crippen molar-refractivity contribution < 1.29 is 19.0 Å². The molecule has 16 heavy (non-hydrogen) atoms. The molecule has 1 aromatic rings. The fraction of sp³-hybridized carbons (Fsp3) is 0.364. The molecule has 0 radical (unpaired) electrons. The Labute approximate surface area is 99.1 Å². The van der Waals surface area contributed by atoms with Crippen LogP contribution in [-0.2, 0) is 9.47 Å². The van der Waals surface area contributed by atoms with Crippen molar-refractivity contribution in [2.24, 2.45) is 0 Å². The largest absolute Gasteiger partial charge is 0.468 e.